The van der Waals surface area contributed by atoms with Crippen LogP contribution in [0.25, 0.3) is 5.57 Å². The van der Waals surface area contributed by atoms with Crippen molar-refractivity contribution in [2.45, 2.75) is 41.0 Å². The summed E-state index contributed by atoms with van der Waals surface area (Å²) in [4.78, 5) is 0. The Labute approximate surface area is 124 Å². The van der Waals surface area contributed by atoms with Crippen molar-refractivity contribution >= 4 is 5.57 Å². The molecule has 106 valence electrons. The van der Waals surface area contributed by atoms with Crippen LogP contribution in [0.3, 0.4) is 0 Å². The molecule has 0 aliphatic heterocycles. The fourth-order valence-corrected chi connectivity index (χ4v) is 2.54. The van der Waals surface area contributed by atoms with Crippen molar-refractivity contribution < 1.29 is 0 Å². The smallest absolute Gasteiger partial charge is 0.00699 e. The maximum absolute atomic E-state index is 4.26. The molecule has 0 aromatic heterocycles. The molecule has 0 heterocycles. The fraction of sp³-hybridized carbons (Fsp3) is 0.300. The van der Waals surface area contributed by atoms with Gasteiger partial charge in [0.05, 0.1) is 0 Å². The van der Waals surface area contributed by atoms with Crippen LogP contribution in [0, 0.1) is 6.92 Å². The summed E-state index contributed by atoms with van der Waals surface area (Å²) in [6.07, 6.45) is 0.939. The van der Waals surface area contributed by atoms with Gasteiger partial charge < -0.3 is 0 Å². The monoisotopic (exact) mass is 266 g/mol. The lowest BCUT2D eigenvalue weighted by Gasteiger charge is -2.15. The molecule has 0 N–H and O–H groups in total. The molecule has 0 nitrogen and oxygen atoms in total. The quantitative estimate of drug-likeness (QED) is 0.450. The van der Waals surface area contributed by atoms with Gasteiger partial charge in [0.2, 0.25) is 0 Å². The zero-order chi connectivity index (χ0) is 15.4. The second-order valence-corrected chi connectivity index (χ2v) is 5.91. The predicted molar refractivity (Wildman–Crippen MR) is 91.9 cm³/mol. The summed E-state index contributed by atoms with van der Waals surface area (Å²) >= 11 is 0. The van der Waals surface area contributed by atoms with E-state index in [2.05, 4.69) is 65.6 Å². The number of allylic oxidation sites excluding steroid dienone is 5. The van der Waals surface area contributed by atoms with Gasteiger partial charge in [0.15, 0.2) is 0 Å². The van der Waals surface area contributed by atoms with Gasteiger partial charge in [-0.2, -0.15) is 0 Å². The highest BCUT2D eigenvalue weighted by molar-refractivity contribution is 5.82. The van der Waals surface area contributed by atoms with Crippen molar-refractivity contribution in [1.82, 2.24) is 0 Å². The summed E-state index contributed by atoms with van der Waals surface area (Å²) in [5.74, 6) is 0. The zero-order valence-electron chi connectivity index (χ0n) is 13.6. The molecule has 0 saturated heterocycles. The van der Waals surface area contributed by atoms with Crippen molar-refractivity contribution in [1.29, 1.82) is 0 Å². The first-order valence-corrected chi connectivity index (χ1v) is 7.01. The highest BCUT2D eigenvalue weighted by atomic mass is 14.1. The van der Waals surface area contributed by atoms with E-state index >= 15 is 0 Å². The molecule has 1 aromatic rings. The highest BCUT2D eigenvalue weighted by Gasteiger charge is 2.10. The lowest BCUT2D eigenvalue weighted by molar-refractivity contribution is 1.12. The van der Waals surface area contributed by atoms with Crippen LogP contribution >= 0.6 is 0 Å². The van der Waals surface area contributed by atoms with Gasteiger partial charge in [-0.15, -0.1) is 0 Å². The molecule has 0 aliphatic rings. The minimum absolute atomic E-state index is 0.939. The topological polar surface area (TPSA) is 0 Å². The van der Waals surface area contributed by atoms with Gasteiger partial charge in [-0.05, 0) is 68.9 Å². The van der Waals surface area contributed by atoms with Crippen molar-refractivity contribution in [2.24, 2.45) is 0 Å². The molecular formula is C20H26. The Balaban J connectivity index is 3.19. The maximum Gasteiger partial charge on any atom is -0.00699 e. The summed E-state index contributed by atoms with van der Waals surface area (Å²) in [6.45, 7) is 22.8. The van der Waals surface area contributed by atoms with Crippen LogP contribution in [0.2, 0.25) is 0 Å². The van der Waals surface area contributed by atoms with E-state index < -0.39 is 0 Å². The Kier molecular flexibility index (Phi) is 5.33. The van der Waals surface area contributed by atoms with Gasteiger partial charge in [0, 0.05) is 0 Å². The SMILES string of the molecule is C=C(C)Cc1ccc(C(=C)C(C(=C)C)=C(C)C)cc1C. The third-order valence-corrected chi connectivity index (χ3v) is 3.41. The van der Waals surface area contributed by atoms with Gasteiger partial charge in [0.1, 0.15) is 0 Å². The third-order valence-electron chi connectivity index (χ3n) is 3.41. The van der Waals surface area contributed by atoms with Crippen LogP contribution in [0.1, 0.15) is 44.4 Å². The first-order chi connectivity index (χ1) is 9.23. The van der Waals surface area contributed by atoms with Crippen LogP contribution in [0.4, 0.5) is 0 Å². The summed E-state index contributed by atoms with van der Waals surface area (Å²) < 4.78 is 0. The van der Waals surface area contributed by atoms with Crippen molar-refractivity contribution in [3.05, 3.63) is 76.9 Å². The van der Waals surface area contributed by atoms with Crippen LogP contribution in [0.5, 0.6) is 0 Å². The van der Waals surface area contributed by atoms with Crippen molar-refractivity contribution in [3.8, 4) is 0 Å². The number of rotatable bonds is 5. The summed E-state index contributed by atoms with van der Waals surface area (Å²) in [5, 5.41) is 0. The third kappa shape index (κ3) is 3.84. The Morgan fingerprint density at radius 2 is 1.60 bits per heavy atom. The average Bonchev–Trinajstić information content (AvgIpc) is 2.30. The standard InChI is InChI=1S/C20H26/c1-13(2)11-18-9-10-19(12-16(18)7)17(8)20(14(3)4)15(5)6/h9-10,12H,1,3,8,11H2,2,4-7H3. The van der Waals surface area contributed by atoms with E-state index in [-0.39, 0.29) is 0 Å². The summed E-state index contributed by atoms with van der Waals surface area (Å²) in [7, 11) is 0. The summed E-state index contributed by atoms with van der Waals surface area (Å²) in [5.41, 5.74) is 9.55. The molecule has 1 aromatic carbocycles. The van der Waals surface area contributed by atoms with E-state index in [1.807, 2.05) is 6.92 Å². The average molecular weight is 266 g/mol. The molecule has 0 heteroatoms. The molecule has 20 heavy (non-hydrogen) atoms. The normalized spacial score (nSPS) is 10.1. The Bertz CT molecular complexity index is 590. The van der Waals surface area contributed by atoms with E-state index in [4.69, 9.17) is 0 Å². The number of hydrogen-bond acceptors (Lipinski definition) is 0. The molecule has 0 aliphatic carbocycles. The number of benzene rings is 1. The number of aryl methyl sites for hydroxylation is 1. The fourth-order valence-electron chi connectivity index (χ4n) is 2.54. The number of hydrogen-bond donors (Lipinski definition) is 0. The van der Waals surface area contributed by atoms with Gasteiger partial charge in [-0.3, -0.25) is 0 Å². The molecular weight excluding hydrogens is 240 g/mol. The van der Waals surface area contributed by atoms with Gasteiger partial charge in [-0.25, -0.2) is 0 Å². The van der Waals surface area contributed by atoms with E-state index in [1.165, 1.54) is 33.4 Å². The van der Waals surface area contributed by atoms with E-state index in [0.29, 0.717) is 0 Å². The Morgan fingerprint density at radius 3 is 2.00 bits per heavy atom. The van der Waals surface area contributed by atoms with Crippen molar-refractivity contribution in [3.63, 3.8) is 0 Å². The van der Waals surface area contributed by atoms with Gasteiger partial charge in [0.25, 0.3) is 0 Å². The zero-order valence-corrected chi connectivity index (χ0v) is 13.6. The molecule has 0 radical (unpaired) electrons. The lowest BCUT2D eigenvalue weighted by Crippen LogP contribution is -1.96. The minimum atomic E-state index is 0.939. The largest absolute Gasteiger partial charge is 0.0998 e. The predicted octanol–water partition coefficient (Wildman–Crippen LogP) is 6.04. The summed E-state index contributed by atoms with van der Waals surface area (Å²) in [6, 6.07) is 6.55. The van der Waals surface area contributed by atoms with Crippen LogP contribution in [-0.2, 0) is 6.42 Å². The molecule has 1 rings (SSSR count). The van der Waals surface area contributed by atoms with E-state index in [1.54, 1.807) is 0 Å². The molecule has 0 saturated carbocycles. The minimum Gasteiger partial charge on any atom is -0.0998 e. The molecule has 0 atom stereocenters. The van der Waals surface area contributed by atoms with Crippen molar-refractivity contribution in [2.75, 3.05) is 0 Å². The first kappa shape index (κ1) is 16.2. The Morgan fingerprint density at radius 1 is 1.00 bits per heavy atom. The van der Waals surface area contributed by atoms with Crippen LogP contribution in [-0.4, -0.2) is 0 Å². The van der Waals surface area contributed by atoms with Crippen LogP contribution < -0.4 is 0 Å². The molecule has 0 spiro atoms. The van der Waals surface area contributed by atoms with Crippen LogP contribution in [0.15, 0.2) is 60.2 Å². The van der Waals surface area contributed by atoms with Gasteiger partial charge >= 0.3 is 0 Å². The van der Waals surface area contributed by atoms with E-state index in [9.17, 15) is 0 Å². The second kappa shape index (κ2) is 6.56. The highest BCUT2D eigenvalue weighted by Crippen LogP contribution is 2.30. The van der Waals surface area contributed by atoms with Gasteiger partial charge in [-0.1, -0.05) is 54.7 Å². The second-order valence-electron chi connectivity index (χ2n) is 5.91. The Hall–Kier alpha value is -1.82. The molecule has 0 fully saturated rings. The lowest BCUT2D eigenvalue weighted by atomic mass is 9.89. The van der Waals surface area contributed by atoms with E-state index in [0.717, 1.165) is 17.6 Å². The maximum atomic E-state index is 4.26. The first-order valence-electron chi connectivity index (χ1n) is 7.01. The molecule has 0 amide bonds. The molecule has 0 bridgehead atoms. The molecule has 0 unspecified atom stereocenters.